The number of nitrogens with zero attached hydrogens (tertiary/aromatic N) is 4. The van der Waals surface area contributed by atoms with Gasteiger partial charge < -0.3 is 15.4 Å². The normalized spacial score (nSPS) is 17.7. The molecule has 4 rings (SSSR count). The number of esters is 1. The molecule has 0 radical (unpaired) electrons. The number of methoxy groups -OCH3 is 1. The second kappa shape index (κ2) is 10.6. The van der Waals surface area contributed by atoms with Crippen molar-refractivity contribution in [2.45, 2.75) is 58.0 Å². The first-order valence-corrected chi connectivity index (χ1v) is 11.9. The Morgan fingerprint density at radius 3 is 2.66 bits per heavy atom. The molecule has 2 N–H and O–H groups in total. The van der Waals surface area contributed by atoms with Crippen LogP contribution in [-0.4, -0.2) is 45.6 Å². The van der Waals surface area contributed by atoms with Crippen molar-refractivity contribution in [3.05, 3.63) is 47.9 Å². The topological polar surface area (TPSA) is 122 Å². The second-order valence-electron chi connectivity index (χ2n) is 9.29. The lowest BCUT2D eigenvalue weighted by atomic mass is 9.84. The van der Waals surface area contributed by atoms with Crippen LogP contribution in [-0.2, 0) is 9.53 Å². The van der Waals surface area contributed by atoms with E-state index in [1.165, 1.54) is 13.3 Å². The molecule has 0 aromatic carbocycles. The molecule has 0 bridgehead atoms. The minimum absolute atomic E-state index is 0.0647. The molecular weight excluding hydrogens is 444 g/mol. The van der Waals surface area contributed by atoms with Gasteiger partial charge in [0.05, 0.1) is 23.9 Å². The molecule has 0 unspecified atom stereocenters. The van der Waals surface area contributed by atoms with Gasteiger partial charge in [-0.2, -0.15) is 5.26 Å². The lowest BCUT2D eigenvalue weighted by molar-refractivity contribution is -0.142. The summed E-state index contributed by atoms with van der Waals surface area (Å²) in [5.41, 5.74) is 2.36. The van der Waals surface area contributed by atoms with Gasteiger partial charge in [0.1, 0.15) is 17.5 Å². The van der Waals surface area contributed by atoms with Gasteiger partial charge in [-0.15, -0.1) is 0 Å². The summed E-state index contributed by atoms with van der Waals surface area (Å²) in [6.07, 6.45) is 8.85. The first-order chi connectivity index (χ1) is 16.9. The maximum atomic E-state index is 13.2. The van der Waals surface area contributed by atoms with Crippen LogP contribution in [0, 0.1) is 17.2 Å². The Kier molecular flexibility index (Phi) is 7.30. The average molecular weight is 475 g/mol. The Morgan fingerprint density at radius 1 is 1.20 bits per heavy atom. The molecule has 0 saturated heterocycles. The zero-order valence-corrected chi connectivity index (χ0v) is 20.2. The summed E-state index contributed by atoms with van der Waals surface area (Å²) in [6.45, 7) is 4.03. The van der Waals surface area contributed by atoms with Crippen LogP contribution in [0.5, 0.6) is 0 Å². The zero-order chi connectivity index (χ0) is 24.9. The number of nitriles is 1. The highest BCUT2D eigenvalue weighted by atomic mass is 16.5. The summed E-state index contributed by atoms with van der Waals surface area (Å²) in [7, 11) is 1.41. The number of hydrogen-bond acceptors (Lipinski definition) is 7. The Labute approximate surface area is 204 Å². The van der Waals surface area contributed by atoms with Gasteiger partial charge in [-0.25, -0.2) is 9.97 Å². The largest absolute Gasteiger partial charge is 0.469 e. The van der Waals surface area contributed by atoms with Gasteiger partial charge in [-0.05, 0) is 57.6 Å². The summed E-state index contributed by atoms with van der Waals surface area (Å²) >= 11 is 0. The number of hydrogen-bond donors (Lipinski definition) is 2. The zero-order valence-electron chi connectivity index (χ0n) is 20.2. The number of pyridine rings is 2. The number of carbonyl (C=O) groups is 2. The lowest BCUT2D eigenvalue weighted by Crippen LogP contribution is -2.38. The molecule has 1 aliphatic carbocycles. The van der Waals surface area contributed by atoms with Crippen molar-refractivity contribution in [3.8, 4) is 11.9 Å². The van der Waals surface area contributed by atoms with Crippen LogP contribution in [0.3, 0.4) is 0 Å². The van der Waals surface area contributed by atoms with E-state index >= 15 is 0 Å². The number of rotatable bonds is 7. The van der Waals surface area contributed by atoms with E-state index in [0.29, 0.717) is 40.6 Å². The van der Waals surface area contributed by atoms with Crippen LogP contribution in [0.4, 0.5) is 5.69 Å². The highest BCUT2D eigenvalue weighted by molar-refractivity contribution is 5.99. The molecule has 3 aromatic heterocycles. The fourth-order valence-corrected chi connectivity index (χ4v) is 4.55. The second-order valence-corrected chi connectivity index (χ2v) is 9.29. The number of nitrogens with one attached hydrogen (secondary N) is 2. The van der Waals surface area contributed by atoms with E-state index in [1.54, 1.807) is 12.3 Å². The molecule has 1 fully saturated rings. The average Bonchev–Trinajstić information content (AvgIpc) is 3.27. The summed E-state index contributed by atoms with van der Waals surface area (Å²) in [6, 6.07) is 7.80. The minimum atomic E-state index is -0.177. The van der Waals surface area contributed by atoms with Crippen molar-refractivity contribution < 1.29 is 14.3 Å². The number of aromatic nitrogens is 3. The molecule has 9 nitrogen and oxygen atoms in total. The minimum Gasteiger partial charge on any atom is -0.469 e. The molecule has 0 aliphatic heterocycles. The number of ether oxygens (including phenoxy) is 1. The fourth-order valence-electron chi connectivity index (χ4n) is 4.55. The van der Waals surface area contributed by atoms with Crippen LogP contribution in [0.25, 0.3) is 16.9 Å². The van der Waals surface area contributed by atoms with E-state index < -0.39 is 0 Å². The monoisotopic (exact) mass is 474 g/mol. The van der Waals surface area contributed by atoms with Gasteiger partial charge in [0.2, 0.25) is 0 Å². The van der Waals surface area contributed by atoms with E-state index in [2.05, 4.69) is 26.7 Å². The van der Waals surface area contributed by atoms with Crippen LogP contribution >= 0.6 is 0 Å². The van der Waals surface area contributed by atoms with Crippen molar-refractivity contribution in [2.24, 2.45) is 5.92 Å². The molecule has 1 saturated carbocycles. The van der Waals surface area contributed by atoms with Crippen LogP contribution < -0.4 is 10.6 Å². The molecule has 0 atom stereocenters. The molecule has 35 heavy (non-hydrogen) atoms. The van der Waals surface area contributed by atoms with Gasteiger partial charge in [-0.3, -0.25) is 14.2 Å². The molecule has 9 heteroatoms. The number of amides is 1. The third kappa shape index (κ3) is 5.60. The summed E-state index contributed by atoms with van der Waals surface area (Å²) in [5.74, 6) is 0.589. The third-order valence-corrected chi connectivity index (χ3v) is 6.35. The molecule has 3 aromatic rings. The van der Waals surface area contributed by atoms with E-state index in [0.717, 1.165) is 31.1 Å². The standard InChI is InChI=1S/C26H30N6O3/c1-16(2)30-22-12-23(32-9-8-19-10-18(13-27)14-29-25(19)32)28-15-21(22)26(34)31-20-6-4-17(5-7-20)11-24(33)35-3/h8-10,12,14-17,20H,4-7,11H2,1-3H3,(H,28,30)(H,31,34). The van der Waals surface area contributed by atoms with E-state index in [9.17, 15) is 9.59 Å². The fraction of sp³-hybridized carbons (Fsp3) is 0.423. The van der Waals surface area contributed by atoms with Crippen molar-refractivity contribution in [1.82, 2.24) is 19.9 Å². The van der Waals surface area contributed by atoms with Crippen molar-refractivity contribution in [2.75, 3.05) is 12.4 Å². The maximum absolute atomic E-state index is 13.2. The predicted molar refractivity (Wildman–Crippen MR) is 132 cm³/mol. The molecule has 1 amide bonds. The lowest BCUT2D eigenvalue weighted by Gasteiger charge is -2.28. The Hall–Kier alpha value is -3.93. The summed E-state index contributed by atoms with van der Waals surface area (Å²) < 4.78 is 6.62. The molecule has 3 heterocycles. The Morgan fingerprint density at radius 2 is 1.97 bits per heavy atom. The van der Waals surface area contributed by atoms with E-state index in [-0.39, 0.29) is 24.0 Å². The smallest absolute Gasteiger partial charge is 0.305 e. The van der Waals surface area contributed by atoms with Gasteiger partial charge in [-0.1, -0.05) is 0 Å². The van der Waals surface area contributed by atoms with Gasteiger partial charge in [0.25, 0.3) is 5.91 Å². The Balaban J connectivity index is 1.52. The molecule has 1 aliphatic rings. The first-order valence-electron chi connectivity index (χ1n) is 11.9. The number of anilines is 1. The van der Waals surface area contributed by atoms with E-state index in [4.69, 9.17) is 10.00 Å². The van der Waals surface area contributed by atoms with Crippen molar-refractivity contribution in [1.29, 1.82) is 5.26 Å². The van der Waals surface area contributed by atoms with Gasteiger partial charge in [0, 0.05) is 48.5 Å². The van der Waals surface area contributed by atoms with Crippen LogP contribution in [0.15, 0.2) is 36.8 Å². The SMILES string of the molecule is COC(=O)CC1CCC(NC(=O)c2cnc(-n3ccc4cc(C#N)cnc43)cc2NC(C)C)CC1. The highest BCUT2D eigenvalue weighted by Crippen LogP contribution is 2.28. The maximum Gasteiger partial charge on any atom is 0.305 e. The van der Waals surface area contributed by atoms with Crippen molar-refractivity contribution in [3.63, 3.8) is 0 Å². The number of carbonyl (C=O) groups excluding carboxylic acids is 2. The first kappa shape index (κ1) is 24.2. The van der Waals surface area contributed by atoms with Crippen LogP contribution in [0.2, 0.25) is 0 Å². The quantitative estimate of drug-likeness (QED) is 0.497. The predicted octanol–water partition coefficient (Wildman–Crippen LogP) is 3.96. The van der Waals surface area contributed by atoms with Gasteiger partial charge >= 0.3 is 5.97 Å². The summed E-state index contributed by atoms with van der Waals surface area (Å²) in [5, 5.41) is 16.5. The third-order valence-electron chi connectivity index (χ3n) is 6.35. The van der Waals surface area contributed by atoms with Gasteiger partial charge in [0.15, 0.2) is 0 Å². The van der Waals surface area contributed by atoms with Crippen LogP contribution in [0.1, 0.15) is 61.9 Å². The molecule has 0 spiro atoms. The number of fused-ring (bicyclic) bond motifs is 1. The summed E-state index contributed by atoms with van der Waals surface area (Å²) in [4.78, 5) is 33.7. The van der Waals surface area contributed by atoms with Crippen molar-refractivity contribution >= 4 is 28.6 Å². The molecular formula is C26H30N6O3. The molecule has 182 valence electrons. The Bertz CT molecular complexity index is 1270. The highest BCUT2D eigenvalue weighted by Gasteiger charge is 2.26. The van der Waals surface area contributed by atoms with E-state index in [1.807, 2.05) is 36.7 Å².